The standard InChI is InChI=1S/C23H26BrClN2O6/c1-3-8-26(17-12(2)6-4-7-14(17)25)21(30)19-23-11-13(24)18(33-23)15(22(31)32)16(23)20(29)27(19)9-5-10-28/h3-4,6-7,13,15-16,18-19,28H,1,5,8-11H2,2H3,(H,31,32)/t13?,15-,16+,18-,19-,23+/m1/s1. The lowest BCUT2D eigenvalue weighted by Gasteiger charge is -2.37. The minimum Gasteiger partial charge on any atom is -0.481 e. The number of amides is 2. The van der Waals surface area contributed by atoms with Crippen molar-refractivity contribution in [3.8, 4) is 0 Å². The fourth-order valence-corrected chi connectivity index (χ4v) is 6.97. The second-order valence-corrected chi connectivity index (χ2v) is 10.3. The molecular formula is C23H26BrClN2O6. The molecule has 1 unspecified atom stereocenters. The van der Waals surface area contributed by atoms with Crippen molar-refractivity contribution in [2.75, 3.05) is 24.6 Å². The first-order valence-electron chi connectivity index (χ1n) is 10.8. The van der Waals surface area contributed by atoms with E-state index in [4.69, 9.17) is 16.3 Å². The number of nitrogens with zero attached hydrogens (tertiary/aromatic N) is 2. The van der Waals surface area contributed by atoms with Gasteiger partial charge in [-0.3, -0.25) is 14.4 Å². The number of ether oxygens (including phenoxy) is 1. The van der Waals surface area contributed by atoms with E-state index in [0.29, 0.717) is 17.1 Å². The average Bonchev–Trinajstić information content (AvgIpc) is 3.34. The maximum Gasteiger partial charge on any atom is 0.310 e. The maximum absolute atomic E-state index is 14.2. The van der Waals surface area contributed by atoms with Crippen molar-refractivity contribution >= 4 is 51.0 Å². The highest BCUT2D eigenvalue weighted by Crippen LogP contribution is 2.60. The van der Waals surface area contributed by atoms with Crippen molar-refractivity contribution in [1.82, 2.24) is 4.90 Å². The van der Waals surface area contributed by atoms with E-state index < -0.39 is 47.4 Å². The van der Waals surface area contributed by atoms with Gasteiger partial charge in [0.15, 0.2) is 0 Å². The van der Waals surface area contributed by atoms with Crippen LogP contribution >= 0.6 is 27.5 Å². The summed E-state index contributed by atoms with van der Waals surface area (Å²) in [6, 6.07) is 4.26. The Labute approximate surface area is 205 Å². The summed E-state index contributed by atoms with van der Waals surface area (Å²) < 4.78 is 6.25. The number of halogens is 2. The molecule has 1 aromatic carbocycles. The molecule has 3 aliphatic heterocycles. The number of aryl methyl sites for hydroxylation is 1. The van der Waals surface area contributed by atoms with Gasteiger partial charge in [0.05, 0.1) is 28.6 Å². The summed E-state index contributed by atoms with van der Waals surface area (Å²) in [4.78, 5) is 42.4. The van der Waals surface area contributed by atoms with Crippen LogP contribution in [0.15, 0.2) is 30.9 Å². The first kappa shape index (κ1) is 24.2. The molecule has 6 atom stereocenters. The largest absolute Gasteiger partial charge is 0.481 e. The van der Waals surface area contributed by atoms with Gasteiger partial charge >= 0.3 is 5.97 Å². The number of carbonyl (C=O) groups is 3. The summed E-state index contributed by atoms with van der Waals surface area (Å²) in [5, 5.41) is 19.7. The lowest BCUT2D eigenvalue weighted by Crippen LogP contribution is -2.57. The Morgan fingerprint density at radius 2 is 2.18 bits per heavy atom. The van der Waals surface area contributed by atoms with Crippen molar-refractivity contribution in [2.24, 2.45) is 11.8 Å². The molecule has 1 aromatic rings. The number of fused-ring (bicyclic) bond motifs is 1. The number of hydrogen-bond acceptors (Lipinski definition) is 5. The van der Waals surface area contributed by atoms with E-state index in [-0.39, 0.29) is 30.9 Å². The molecule has 2 amide bonds. The van der Waals surface area contributed by atoms with E-state index in [2.05, 4.69) is 22.5 Å². The monoisotopic (exact) mass is 540 g/mol. The molecule has 0 aromatic heterocycles. The Balaban J connectivity index is 1.83. The van der Waals surface area contributed by atoms with Gasteiger partial charge in [-0.05, 0) is 31.4 Å². The van der Waals surface area contributed by atoms with Gasteiger partial charge in [0.25, 0.3) is 5.91 Å². The lowest BCUT2D eigenvalue weighted by molar-refractivity contribution is -0.149. The Kier molecular flexibility index (Phi) is 6.61. The Morgan fingerprint density at radius 1 is 1.45 bits per heavy atom. The number of hydrogen-bond donors (Lipinski definition) is 2. The SMILES string of the molecule is C=CCN(C(=O)[C@H]1N(CCCO)C(=O)[C@@H]2[C@@H](C(=O)O)[C@@H]3O[C@@]21CC3Br)c1c(C)cccc1Cl. The molecule has 4 rings (SSSR count). The van der Waals surface area contributed by atoms with Gasteiger partial charge in [-0.1, -0.05) is 45.7 Å². The first-order chi connectivity index (χ1) is 15.7. The molecule has 33 heavy (non-hydrogen) atoms. The minimum absolute atomic E-state index is 0.112. The van der Waals surface area contributed by atoms with Gasteiger partial charge in [-0.2, -0.15) is 0 Å². The van der Waals surface area contributed by atoms with E-state index >= 15 is 0 Å². The maximum atomic E-state index is 14.2. The number of aliphatic hydroxyl groups is 1. The summed E-state index contributed by atoms with van der Waals surface area (Å²) in [6.07, 6.45) is 1.45. The summed E-state index contributed by atoms with van der Waals surface area (Å²) in [5.41, 5.74) is 0.00713. The molecule has 0 radical (unpaired) electrons. The molecule has 0 saturated carbocycles. The van der Waals surface area contributed by atoms with Crippen LogP contribution in [-0.4, -0.2) is 75.2 Å². The van der Waals surface area contributed by atoms with Gasteiger partial charge in [0.1, 0.15) is 11.6 Å². The van der Waals surface area contributed by atoms with Crippen LogP contribution in [0.4, 0.5) is 5.69 Å². The van der Waals surface area contributed by atoms with E-state index in [9.17, 15) is 24.6 Å². The van der Waals surface area contributed by atoms with Crippen LogP contribution in [0.1, 0.15) is 18.4 Å². The molecule has 178 valence electrons. The number of aliphatic carboxylic acids is 1. The predicted octanol–water partition coefficient (Wildman–Crippen LogP) is 2.38. The summed E-state index contributed by atoms with van der Waals surface area (Å²) in [7, 11) is 0. The molecule has 0 aliphatic carbocycles. The van der Waals surface area contributed by atoms with Crippen molar-refractivity contribution in [2.45, 2.75) is 42.3 Å². The molecule has 3 aliphatic rings. The van der Waals surface area contributed by atoms with Gasteiger partial charge in [0.2, 0.25) is 5.91 Å². The van der Waals surface area contributed by atoms with Crippen LogP contribution in [0.3, 0.4) is 0 Å². The van der Waals surface area contributed by atoms with Crippen LogP contribution in [0.25, 0.3) is 0 Å². The second kappa shape index (κ2) is 9.02. The van der Waals surface area contributed by atoms with Gasteiger partial charge in [0, 0.05) is 24.5 Å². The molecule has 3 saturated heterocycles. The third-order valence-electron chi connectivity index (χ3n) is 6.90. The van der Waals surface area contributed by atoms with Crippen LogP contribution in [0.2, 0.25) is 5.02 Å². The van der Waals surface area contributed by atoms with Crippen molar-refractivity contribution in [3.05, 3.63) is 41.4 Å². The zero-order valence-corrected chi connectivity index (χ0v) is 20.5. The van der Waals surface area contributed by atoms with E-state index in [1.807, 2.05) is 13.0 Å². The number of aliphatic hydroxyl groups excluding tert-OH is 1. The summed E-state index contributed by atoms with van der Waals surface area (Å²) in [6.45, 7) is 5.69. The fraction of sp³-hybridized carbons (Fsp3) is 0.522. The molecule has 3 fully saturated rings. The molecule has 2 bridgehead atoms. The number of para-hydroxylation sites is 1. The number of alkyl halides is 1. The topological polar surface area (TPSA) is 107 Å². The number of anilines is 1. The third-order valence-corrected chi connectivity index (χ3v) is 8.05. The number of carboxylic acids is 1. The van der Waals surface area contributed by atoms with Gasteiger partial charge in [-0.15, -0.1) is 6.58 Å². The quantitative estimate of drug-likeness (QED) is 0.387. The fourth-order valence-electron chi connectivity index (χ4n) is 5.71. The first-order valence-corrected chi connectivity index (χ1v) is 12.1. The van der Waals surface area contributed by atoms with Gasteiger partial charge < -0.3 is 24.7 Å². The lowest BCUT2D eigenvalue weighted by atomic mass is 9.70. The van der Waals surface area contributed by atoms with Crippen LogP contribution in [-0.2, 0) is 19.1 Å². The van der Waals surface area contributed by atoms with E-state index in [1.54, 1.807) is 18.2 Å². The Hall–Kier alpha value is -1.94. The highest BCUT2D eigenvalue weighted by atomic mass is 79.9. The highest BCUT2D eigenvalue weighted by Gasteiger charge is 2.76. The average molecular weight is 542 g/mol. The molecule has 1 spiro atoms. The molecule has 2 N–H and O–H groups in total. The number of carbonyl (C=O) groups excluding carboxylic acids is 2. The van der Waals surface area contributed by atoms with Gasteiger partial charge in [-0.25, -0.2) is 0 Å². The second-order valence-electron chi connectivity index (χ2n) is 8.75. The van der Waals surface area contributed by atoms with Crippen molar-refractivity contribution < 1.29 is 29.3 Å². The molecule has 8 nitrogen and oxygen atoms in total. The van der Waals surface area contributed by atoms with Crippen LogP contribution < -0.4 is 4.90 Å². The smallest absolute Gasteiger partial charge is 0.310 e. The molecule has 3 heterocycles. The zero-order valence-electron chi connectivity index (χ0n) is 18.1. The molecular weight excluding hydrogens is 516 g/mol. The van der Waals surface area contributed by atoms with E-state index in [1.165, 1.54) is 9.80 Å². The number of likely N-dealkylation sites (tertiary alicyclic amines) is 1. The molecule has 10 heteroatoms. The normalized spacial score (nSPS) is 32.2. The highest BCUT2D eigenvalue weighted by molar-refractivity contribution is 9.09. The summed E-state index contributed by atoms with van der Waals surface area (Å²) >= 11 is 10.00. The van der Waals surface area contributed by atoms with Crippen molar-refractivity contribution in [1.29, 1.82) is 0 Å². The predicted molar refractivity (Wildman–Crippen MR) is 125 cm³/mol. The van der Waals surface area contributed by atoms with Crippen LogP contribution in [0.5, 0.6) is 0 Å². The Morgan fingerprint density at radius 3 is 2.79 bits per heavy atom. The zero-order chi connectivity index (χ0) is 24.1. The number of rotatable bonds is 8. The van der Waals surface area contributed by atoms with Crippen LogP contribution in [0, 0.1) is 18.8 Å². The number of benzene rings is 1. The minimum atomic E-state index is -1.28. The Bertz CT molecular complexity index is 985. The number of carboxylic acid groups (broad SMARTS) is 1. The van der Waals surface area contributed by atoms with Crippen molar-refractivity contribution in [3.63, 3.8) is 0 Å². The van der Waals surface area contributed by atoms with E-state index in [0.717, 1.165) is 5.56 Å². The summed E-state index contributed by atoms with van der Waals surface area (Å²) in [5.74, 6) is -3.99. The third kappa shape index (κ3) is 3.60.